The Bertz CT molecular complexity index is 596. The molecule has 19 heavy (non-hydrogen) atoms. The first-order valence-electron chi connectivity index (χ1n) is 6.99. The number of nitrogens with zero attached hydrogens (tertiary/aromatic N) is 2. The van der Waals surface area contributed by atoms with Gasteiger partial charge >= 0.3 is 0 Å². The summed E-state index contributed by atoms with van der Waals surface area (Å²) in [5.74, 6) is 0.355. The summed E-state index contributed by atoms with van der Waals surface area (Å²) >= 11 is 0. The van der Waals surface area contributed by atoms with E-state index in [1.807, 2.05) is 29.7 Å². The zero-order chi connectivity index (χ0) is 13.2. The topological polar surface area (TPSA) is 46.4 Å². The third kappa shape index (κ3) is 2.35. The summed E-state index contributed by atoms with van der Waals surface area (Å²) in [6, 6.07) is 3.88. The molecule has 1 aliphatic rings. The molecule has 0 aliphatic heterocycles. The molecule has 0 spiro atoms. The number of fused-ring (bicyclic) bond motifs is 1. The van der Waals surface area contributed by atoms with Crippen LogP contribution in [0.4, 0.5) is 5.69 Å². The normalized spacial score (nSPS) is 16.7. The molecule has 0 atom stereocenters. The molecule has 1 saturated carbocycles. The van der Waals surface area contributed by atoms with Gasteiger partial charge in [-0.25, -0.2) is 4.98 Å². The highest BCUT2D eigenvalue weighted by Crippen LogP contribution is 2.25. The Morgan fingerprint density at radius 1 is 1.32 bits per heavy atom. The molecule has 2 aromatic heterocycles. The number of rotatable bonds is 2. The summed E-state index contributed by atoms with van der Waals surface area (Å²) in [7, 11) is 0. The smallest absolute Gasteiger partial charge is 0.227 e. The summed E-state index contributed by atoms with van der Waals surface area (Å²) in [5, 5.41) is 3.07. The molecule has 0 unspecified atom stereocenters. The molecule has 2 aromatic rings. The van der Waals surface area contributed by atoms with Crippen molar-refractivity contribution in [2.45, 2.75) is 39.0 Å². The molecule has 2 heterocycles. The lowest BCUT2D eigenvalue weighted by Crippen LogP contribution is -2.25. The highest BCUT2D eigenvalue weighted by molar-refractivity contribution is 5.93. The SMILES string of the molecule is Cc1c(NC(=O)C2CCCCC2)ccc2nccn12. The maximum atomic E-state index is 12.3. The van der Waals surface area contributed by atoms with E-state index in [0.717, 1.165) is 29.9 Å². The van der Waals surface area contributed by atoms with Crippen molar-refractivity contribution in [3.63, 3.8) is 0 Å². The van der Waals surface area contributed by atoms with Gasteiger partial charge in [-0.1, -0.05) is 19.3 Å². The van der Waals surface area contributed by atoms with Crippen LogP contribution >= 0.6 is 0 Å². The van der Waals surface area contributed by atoms with E-state index >= 15 is 0 Å². The number of amides is 1. The lowest BCUT2D eigenvalue weighted by Gasteiger charge is -2.21. The summed E-state index contributed by atoms with van der Waals surface area (Å²) in [5.41, 5.74) is 2.83. The van der Waals surface area contributed by atoms with Crippen molar-refractivity contribution in [2.24, 2.45) is 5.92 Å². The van der Waals surface area contributed by atoms with Crippen LogP contribution in [0.25, 0.3) is 5.65 Å². The van der Waals surface area contributed by atoms with Crippen molar-refractivity contribution in [1.29, 1.82) is 0 Å². The zero-order valence-corrected chi connectivity index (χ0v) is 11.2. The first kappa shape index (κ1) is 12.2. The number of hydrogen-bond acceptors (Lipinski definition) is 2. The van der Waals surface area contributed by atoms with Gasteiger partial charge in [-0.3, -0.25) is 4.79 Å². The number of aryl methyl sites for hydroxylation is 1. The fourth-order valence-electron chi connectivity index (χ4n) is 2.86. The molecule has 0 saturated heterocycles. The van der Waals surface area contributed by atoms with Gasteiger partial charge in [-0.2, -0.15) is 0 Å². The van der Waals surface area contributed by atoms with Crippen LogP contribution in [0.2, 0.25) is 0 Å². The average Bonchev–Trinajstić information content (AvgIpc) is 2.92. The van der Waals surface area contributed by atoms with E-state index in [1.54, 1.807) is 6.20 Å². The first-order valence-corrected chi connectivity index (χ1v) is 6.99. The summed E-state index contributed by atoms with van der Waals surface area (Å²) < 4.78 is 2.00. The molecule has 1 N–H and O–H groups in total. The van der Waals surface area contributed by atoms with Crippen molar-refractivity contribution >= 4 is 17.2 Å². The third-order valence-corrected chi connectivity index (χ3v) is 4.05. The van der Waals surface area contributed by atoms with E-state index < -0.39 is 0 Å². The van der Waals surface area contributed by atoms with Gasteiger partial charge in [0.1, 0.15) is 5.65 Å². The van der Waals surface area contributed by atoms with Crippen LogP contribution in [0, 0.1) is 12.8 Å². The molecule has 1 fully saturated rings. The van der Waals surface area contributed by atoms with E-state index in [9.17, 15) is 4.79 Å². The largest absolute Gasteiger partial charge is 0.324 e. The molecule has 1 aliphatic carbocycles. The van der Waals surface area contributed by atoms with Crippen molar-refractivity contribution in [3.8, 4) is 0 Å². The van der Waals surface area contributed by atoms with Crippen LogP contribution in [-0.2, 0) is 4.79 Å². The molecule has 0 radical (unpaired) electrons. The Kier molecular flexibility index (Phi) is 3.23. The Morgan fingerprint density at radius 3 is 2.89 bits per heavy atom. The number of pyridine rings is 1. The number of nitrogens with one attached hydrogen (secondary N) is 1. The van der Waals surface area contributed by atoms with Crippen molar-refractivity contribution in [2.75, 3.05) is 5.32 Å². The average molecular weight is 257 g/mol. The number of hydrogen-bond donors (Lipinski definition) is 1. The van der Waals surface area contributed by atoms with Gasteiger partial charge in [0.15, 0.2) is 0 Å². The molecule has 1 amide bonds. The Morgan fingerprint density at radius 2 is 2.11 bits per heavy atom. The maximum Gasteiger partial charge on any atom is 0.227 e. The van der Waals surface area contributed by atoms with Gasteiger partial charge < -0.3 is 9.72 Å². The monoisotopic (exact) mass is 257 g/mol. The van der Waals surface area contributed by atoms with Gasteiger partial charge in [0.05, 0.1) is 5.69 Å². The molecular formula is C15H19N3O. The molecular weight excluding hydrogens is 238 g/mol. The number of imidazole rings is 1. The number of carbonyl (C=O) groups excluding carboxylic acids is 1. The highest BCUT2D eigenvalue weighted by atomic mass is 16.1. The predicted octanol–water partition coefficient (Wildman–Crippen LogP) is 3.16. The fraction of sp³-hybridized carbons (Fsp3) is 0.467. The molecule has 4 nitrogen and oxygen atoms in total. The zero-order valence-electron chi connectivity index (χ0n) is 11.2. The van der Waals surface area contributed by atoms with E-state index in [0.29, 0.717) is 0 Å². The minimum atomic E-state index is 0.169. The lowest BCUT2D eigenvalue weighted by molar-refractivity contribution is -0.120. The number of anilines is 1. The van der Waals surface area contributed by atoms with Crippen LogP contribution in [0.1, 0.15) is 37.8 Å². The predicted molar refractivity (Wildman–Crippen MR) is 75.1 cm³/mol. The third-order valence-electron chi connectivity index (χ3n) is 4.05. The van der Waals surface area contributed by atoms with Crippen LogP contribution < -0.4 is 5.32 Å². The molecule has 3 rings (SSSR count). The minimum absolute atomic E-state index is 0.169. The van der Waals surface area contributed by atoms with Gasteiger partial charge in [0.2, 0.25) is 5.91 Å². The fourth-order valence-corrected chi connectivity index (χ4v) is 2.86. The van der Waals surface area contributed by atoms with Crippen molar-refractivity contribution in [3.05, 3.63) is 30.2 Å². The van der Waals surface area contributed by atoms with E-state index in [-0.39, 0.29) is 11.8 Å². The van der Waals surface area contributed by atoms with Crippen LogP contribution in [0.5, 0.6) is 0 Å². The van der Waals surface area contributed by atoms with E-state index in [1.165, 1.54) is 19.3 Å². The molecule has 100 valence electrons. The Hall–Kier alpha value is -1.84. The second-order valence-corrected chi connectivity index (χ2v) is 5.31. The minimum Gasteiger partial charge on any atom is -0.324 e. The van der Waals surface area contributed by atoms with Crippen LogP contribution in [0.15, 0.2) is 24.5 Å². The molecule has 0 aromatic carbocycles. The summed E-state index contributed by atoms with van der Waals surface area (Å²) in [4.78, 5) is 16.5. The molecule has 4 heteroatoms. The number of aromatic nitrogens is 2. The molecule has 0 bridgehead atoms. The Labute approximate surface area is 112 Å². The lowest BCUT2D eigenvalue weighted by atomic mass is 9.88. The van der Waals surface area contributed by atoms with Crippen molar-refractivity contribution < 1.29 is 4.79 Å². The van der Waals surface area contributed by atoms with Crippen LogP contribution in [-0.4, -0.2) is 15.3 Å². The van der Waals surface area contributed by atoms with Gasteiger partial charge in [-0.15, -0.1) is 0 Å². The van der Waals surface area contributed by atoms with Gasteiger partial charge in [-0.05, 0) is 31.9 Å². The second kappa shape index (κ2) is 5.03. The summed E-state index contributed by atoms with van der Waals surface area (Å²) in [6.07, 6.45) is 9.37. The Balaban J connectivity index is 1.80. The van der Waals surface area contributed by atoms with Gasteiger partial charge in [0.25, 0.3) is 0 Å². The number of carbonyl (C=O) groups is 1. The second-order valence-electron chi connectivity index (χ2n) is 5.31. The van der Waals surface area contributed by atoms with E-state index in [2.05, 4.69) is 10.3 Å². The van der Waals surface area contributed by atoms with Gasteiger partial charge in [0, 0.05) is 24.0 Å². The summed E-state index contributed by atoms with van der Waals surface area (Å²) in [6.45, 7) is 2.01. The first-order chi connectivity index (χ1) is 9.25. The van der Waals surface area contributed by atoms with Crippen molar-refractivity contribution in [1.82, 2.24) is 9.38 Å². The highest BCUT2D eigenvalue weighted by Gasteiger charge is 2.21. The van der Waals surface area contributed by atoms with E-state index in [4.69, 9.17) is 0 Å². The maximum absolute atomic E-state index is 12.3. The standard InChI is InChI=1S/C15H19N3O/c1-11-13(7-8-14-16-9-10-18(11)14)17-15(19)12-5-3-2-4-6-12/h7-10,12H,2-6H2,1H3,(H,17,19). The quantitative estimate of drug-likeness (QED) is 0.898. The van der Waals surface area contributed by atoms with Crippen LogP contribution in [0.3, 0.4) is 0 Å².